The lowest BCUT2D eigenvalue weighted by Gasteiger charge is -1.93. The molecule has 0 spiro atoms. The molecule has 0 fully saturated rings. The second-order valence-electron chi connectivity index (χ2n) is 1.57. The molecule has 0 aliphatic heterocycles. The monoisotopic (exact) mass is 111 g/mol. The van der Waals surface area contributed by atoms with Crippen LogP contribution in [0.3, 0.4) is 0 Å². The van der Waals surface area contributed by atoms with Crippen LogP contribution in [-0.4, -0.2) is 7.05 Å². The normalized spacial score (nSPS) is 11.0. The maximum atomic E-state index is 3.64. The van der Waals surface area contributed by atoms with E-state index in [0.29, 0.717) is 0 Å². The van der Waals surface area contributed by atoms with E-state index in [0.717, 1.165) is 6.42 Å². The van der Waals surface area contributed by atoms with Gasteiger partial charge in [0.05, 0.1) is 0 Å². The molecule has 0 aromatic carbocycles. The van der Waals surface area contributed by atoms with E-state index < -0.39 is 0 Å². The summed E-state index contributed by atoms with van der Waals surface area (Å²) >= 11 is 0. The highest BCUT2D eigenvalue weighted by molar-refractivity contribution is 5.13. The SMILES string of the molecule is C=C/C(=C/NC)CC. The molecule has 8 heavy (non-hydrogen) atoms. The van der Waals surface area contributed by atoms with Crippen molar-refractivity contribution in [1.29, 1.82) is 0 Å². The van der Waals surface area contributed by atoms with Crippen LogP contribution < -0.4 is 5.32 Å². The van der Waals surface area contributed by atoms with Crippen molar-refractivity contribution in [2.45, 2.75) is 13.3 Å². The molecule has 0 aliphatic carbocycles. The van der Waals surface area contributed by atoms with Gasteiger partial charge >= 0.3 is 0 Å². The van der Waals surface area contributed by atoms with E-state index in [1.54, 1.807) is 0 Å². The Kier molecular flexibility index (Phi) is 4.04. The van der Waals surface area contributed by atoms with E-state index in [1.165, 1.54) is 5.57 Å². The molecule has 0 bridgehead atoms. The fourth-order valence-corrected chi connectivity index (χ4v) is 0.491. The van der Waals surface area contributed by atoms with Crippen molar-refractivity contribution in [1.82, 2.24) is 5.32 Å². The lowest BCUT2D eigenvalue weighted by molar-refractivity contribution is 1.04. The van der Waals surface area contributed by atoms with Crippen LogP contribution in [0.4, 0.5) is 0 Å². The highest BCUT2D eigenvalue weighted by Gasteiger charge is 1.80. The Hall–Kier alpha value is -0.720. The Balaban J connectivity index is 3.66. The van der Waals surface area contributed by atoms with Crippen LogP contribution >= 0.6 is 0 Å². The van der Waals surface area contributed by atoms with Crippen LogP contribution in [0.2, 0.25) is 0 Å². The molecule has 0 aromatic rings. The fourth-order valence-electron chi connectivity index (χ4n) is 0.491. The first kappa shape index (κ1) is 7.28. The quantitative estimate of drug-likeness (QED) is 0.546. The molecule has 0 radical (unpaired) electrons. The molecule has 46 valence electrons. The maximum Gasteiger partial charge on any atom is 0.00278 e. The molecular formula is C7H13N. The summed E-state index contributed by atoms with van der Waals surface area (Å²) in [7, 11) is 1.89. The Morgan fingerprint density at radius 1 is 1.75 bits per heavy atom. The zero-order chi connectivity index (χ0) is 6.41. The third kappa shape index (κ3) is 2.45. The maximum absolute atomic E-state index is 3.64. The van der Waals surface area contributed by atoms with Gasteiger partial charge in [-0.2, -0.15) is 0 Å². The Labute approximate surface area is 51.1 Å². The standard InChI is InChI=1S/C7H13N/c1-4-7(5-2)6-8-3/h4,6,8H,1,5H2,2-3H3/b7-6-. The van der Waals surface area contributed by atoms with Crippen LogP contribution in [0.25, 0.3) is 0 Å². The zero-order valence-corrected chi connectivity index (χ0v) is 5.57. The molecule has 0 aromatic heterocycles. The van der Waals surface area contributed by atoms with Crippen molar-refractivity contribution >= 4 is 0 Å². The number of rotatable bonds is 3. The first-order valence-electron chi connectivity index (χ1n) is 2.83. The molecule has 1 N–H and O–H groups in total. The minimum atomic E-state index is 1.05. The molecule has 0 rings (SSSR count). The summed E-state index contributed by atoms with van der Waals surface area (Å²) in [5, 5.41) is 2.94. The summed E-state index contributed by atoms with van der Waals surface area (Å²) in [6.45, 7) is 5.74. The summed E-state index contributed by atoms with van der Waals surface area (Å²) in [6.07, 6.45) is 4.86. The molecule has 0 unspecified atom stereocenters. The highest BCUT2D eigenvalue weighted by atomic mass is 14.8. The highest BCUT2D eigenvalue weighted by Crippen LogP contribution is 1.97. The van der Waals surface area contributed by atoms with Gasteiger partial charge in [-0.25, -0.2) is 0 Å². The lowest BCUT2D eigenvalue weighted by atomic mass is 10.2. The van der Waals surface area contributed by atoms with Crippen LogP contribution in [0.15, 0.2) is 24.4 Å². The molecule has 0 atom stereocenters. The molecule has 1 heteroatoms. The van der Waals surface area contributed by atoms with Crippen LogP contribution in [-0.2, 0) is 0 Å². The fraction of sp³-hybridized carbons (Fsp3) is 0.429. The summed E-state index contributed by atoms with van der Waals surface area (Å²) in [6, 6.07) is 0. The predicted molar refractivity (Wildman–Crippen MR) is 37.6 cm³/mol. The molecule has 0 saturated carbocycles. The van der Waals surface area contributed by atoms with Gasteiger partial charge in [-0.1, -0.05) is 19.6 Å². The van der Waals surface area contributed by atoms with E-state index >= 15 is 0 Å². The first-order valence-corrected chi connectivity index (χ1v) is 2.83. The minimum Gasteiger partial charge on any atom is -0.394 e. The van der Waals surface area contributed by atoms with Crippen LogP contribution in [0.1, 0.15) is 13.3 Å². The average Bonchev–Trinajstić information content (AvgIpc) is 1.83. The average molecular weight is 111 g/mol. The van der Waals surface area contributed by atoms with E-state index in [1.807, 2.05) is 19.3 Å². The number of hydrogen-bond acceptors (Lipinski definition) is 1. The summed E-state index contributed by atoms with van der Waals surface area (Å²) in [5.41, 5.74) is 1.24. The Bertz CT molecular complexity index is 92.6. The smallest absolute Gasteiger partial charge is 0.00278 e. The zero-order valence-electron chi connectivity index (χ0n) is 5.57. The predicted octanol–water partition coefficient (Wildman–Crippen LogP) is 1.69. The second kappa shape index (κ2) is 4.44. The number of hydrogen-bond donors (Lipinski definition) is 1. The summed E-state index contributed by atoms with van der Waals surface area (Å²) < 4.78 is 0. The van der Waals surface area contributed by atoms with Gasteiger partial charge in [-0.3, -0.25) is 0 Å². The van der Waals surface area contributed by atoms with Crippen molar-refractivity contribution in [3.8, 4) is 0 Å². The van der Waals surface area contributed by atoms with Gasteiger partial charge in [0.15, 0.2) is 0 Å². The van der Waals surface area contributed by atoms with Gasteiger partial charge in [-0.15, -0.1) is 0 Å². The topological polar surface area (TPSA) is 12.0 Å². The van der Waals surface area contributed by atoms with Crippen LogP contribution in [0, 0.1) is 0 Å². The lowest BCUT2D eigenvalue weighted by Crippen LogP contribution is -1.93. The third-order valence-electron chi connectivity index (χ3n) is 1.00. The second-order valence-corrected chi connectivity index (χ2v) is 1.57. The van der Waals surface area contributed by atoms with Gasteiger partial charge in [-0.05, 0) is 18.2 Å². The van der Waals surface area contributed by atoms with E-state index in [-0.39, 0.29) is 0 Å². The van der Waals surface area contributed by atoms with Crippen molar-refractivity contribution in [2.24, 2.45) is 0 Å². The Morgan fingerprint density at radius 3 is 2.50 bits per heavy atom. The van der Waals surface area contributed by atoms with Gasteiger partial charge in [0.2, 0.25) is 0 Å². The molecule has 1 nitrogen and oxygen atoms in total. The molecule has 0 amide bonds. The van der Waals surface area contributed by atoms with Gasteiger partial charge < -0.3 is 5.32 Å². The van der Waals surface area contributed by atoms with Gasteiger partial charge in [0.1, 0.15) is 0 Å². The Morgan fingerprint density at radius 2 is 2.38 bits per heavy atom. The van der Waals surface area contributed by atoms with E-state index in [2.05, 4.69) is 18.8 Å². The van der Waals surface area contributed by atoms with Crippen LogP contribution in [0.5, 0.6) is 0 Å². The molecule has 0 aliphatic rings. The number of nitrogens with one attached hydrogen (secondary N) is 1. The van der Waals surface area contributed by atoms with Crippen molar-refractivity contribution in [3.05, 3.63) is 24.4 Å². The number of allylic oxidation sites excluding steroid dienone is 2. The van der Waals surface area contributed by atoms with E-state index in [4.69, 9.17) is 0 Å². The van der Waals surface area contributed by atoms with Crippen molar-refractivity contribution in [2.75, 3.05) is 7.05 Å². The molecular weight excluding hydrogens is 98.1 g/mol. The van der Waals surface area contributed by atoms with Gasteiger partial charge in [0, 0.05) is 7.05 Å². The minimum absolute atomic E-state index is 1.05. The molecule has 0 heterocycles. The largest absolute Gasteiger partial charge is 0.394 e. The van der Waals surface area contributed by atoms with Crippen molar-refractivity contribution < 1.29 is 0 Å². The summed E-state index contributed by atoms with van der Waals surface area (Å²) in [5.74, 6) is 0. The third-order valence-corrected chi connectivity index (χ3v) is 1.00. The first-order chi connectivity index (χ1) is 3.85. The molecule has 0 saturated heterocycles. The van der Waals surface area contributed by atoms with Gasteiger partial charge in [0.25, 0.3) is 0 Å². The van der Waals surface area contributed by atoms with Crippen molar-refractivity contribution in [3.63, 3.8) is 0 Å². The van der Waals surface area contributed by atoms with E-state index in [9.17, 15) is 0 Å². The summed E-state index contributed by atoms with van der Waals surface area (Å²) in [4.78, 5) is 0.